The third-order valence-electron chi connectivity index (χ3n) is 2.78. The Hall–Kier alpha value is -2.75. The van der Waals surface area contributed by atoms with Gasteiger partial charge in [-0.1, -0.05) is 36.4 Å². The van der Waals surface area contributed by atoms with Crippen LogP contribution in [0.4, 0.5) is 11.4 Å². The van der Waals surface area contributed by atoms with Gasteiger partial charge in [-0.15, -0.1) is 6.58 Å². The number of amides is 1. The summed E-state index contributed by atoms with van der Waals surface area (Å²) in [5, 5.41) is 11.0. The van der Waals surface area contributed by atoms with Crippen molar-refractivity contribution < 1.29 is 4.79 Å². The molecule has 0 aromatic heterocycles. The van der Waals surface area contributed by atoms with Crippen molar-refractivity contribution in [3.05, 3.63) is 72.8 Å². The molecule has 0 aliphatic rings. The molecule has 2 rings (SSSR count). The van der Waals surface area contributed by atoms with Crippen molar-refractivity contribution in [2.24, 2.45) is 10.2 Å². The molecule has 4 heteroatoms. The van der Waals surface area contributed by atoms with Crippen LogP contribution in [0.1, 0.15) is 5.56 Å². The number of carbonyl (C=O) groups is 1. The third-order valence-corrected chi connectivity index (χ3v) is 2.78. The molecule has 4 nitrogen and oxygen atoms in total. The van der Waals surface area contributed by atoms with Crippen LogP contribution in [0, 0.1) is 0 Å². The van der Waals surface area contributed by atoms with Gasteiger partial charge in [-0.25, -0.2) is 0 Å². The molecule has 1 amide bonds. The molecule has 0 heterocycles. The molecule has 0 fully saturated rings. The number of hydrogen-bond acceptors (Lipinski definition) is 3. The van der Waals surface area contributed by atoms with Gasteiger partial charge in [-0.3, -0.25) is 4.79 Å². The van der Waals surface area contributed by atoms with Crippen LogP contribution in [0.5, 0.6) is 0 Å². The molecule has 2 aromatic rings. The fourth-order valence-electron chi connectivity index (χ4n) is 1.72. The average Bonchev–Trinajstić information content (AvgIpc) is 2.53. The largest absolute Gasteiger partial charge is 0.352 e. The van der Waals surface area contributed by atoms with Crippen LogP contribution < -0.4 is 5.32 Å². The highest BCUT2D eigenvalue weighted by Crippen LogP contribution is 2.18. The highest BCUT2D eigenvalue weighted by molar-refractivity contribution is 5.78. The molecule has 0 aliphatic heterocycles. The van der Waals surface area contributed by atoms with Crippen molar-refractivity contribution in [3.63, 3.8) is 0 Å². The number of nitrogens with one attached hydrogen (secondary N) is 1. The zero-order chi connectivity index (χ0) is 14.9. The molecule has 0 atom stereocenters. The van der Waals surface area contributed by atoms with E-state index >= 15 is 0 Å². The number of carbonyl (C=O) groups excluding carboxylic acids is 1. The summed E-state index contributed by atoms with van der Waals surface area (Å²) in [6.45, 7) is 4.05. The molecule has 0 unspecified atom stereocenters. The Kier molecular flexibility index (Phi) is 5.41. The number of rotatable bonds is 6. The Balaban J connectivity index is 1.94. The first-order valence-corrected chi connectivity index (χ1v) is 6.71. The van der Waals surface area contributed by atoms with E-state index in [0.29, 0.717) is 13.0 Å². The zero-order valence-corrected chi connectivity index (χ0v) is 11.7. The van der Waals surface area contributed by atoms with Crippen LogP contribution in [0.15, 0.2) is 77.5 Å². The first-order valence-electron chi connectivity index (χ1n) is 6.71. The second kappa shape index (κ2) is 7.75. The standard InChI is InChI=1S/C17H17N3O/c1-2-12-18-17(21)13-14-8-10-16(11-9-14)20-19-15-6-4-3-5-7-15/h2-11H,1,12-13H2,(H,18,21). The number of azo groups is 1. The maximum atomic E-state index is 11.6. The summed E-state index contributed by atoms with van der Waals surface area (Å²) in [6.07, 6.45) is 2.01. The SMILES string of the molecule is C=CCNC(=O)Cc1ccc(N=Nc2ccccc2)cc1. The Morgan fingerprint density at radius 3 is 2.24 bits per heavy atom. The molecule has 21 heavy (non-hydrogen) atoms. The minimum Gasteiger partial charge on any atom is -0.352 e. The highest BCUT2D eigenvalue weighted by Gasteiger charge is 2.01. The van der Waals surface area contributed by atoms with Gasteiger partial charge in [0.1, 0.15) is 0 Å². The first kappa shape index (κ1) is 14.7. The Morgan fingerprint density at radius 1 is 1.00 bits per heavy atom. The molecule has 2 aromatic carbocycles. The van der Waals surface area contributed by atoms with Crippen LogP contribution >= 0.6 is 0 Å². The summed E-state index contributed by atoms with van der Waals surface area (Å²) in [4.78, 5) is 11.6. The van der Waals surface area contributed by atoms with Gasteiger partial charge in [0.2, 0.25) is 5.91 Å². The van der Waals surface area contributed by atoms with Gasteiger partial charge in [0.15, 0.2) is 0 Å². The molecule has 0 saturated carbocycles. The zero-order valence-electron chi connectivity index (χ0n) is 11.7. The van der Waals surface area contributed by atoms with E-state index in [2.05, 4.69) is 22.1 Å². The minimum absolute atomic E-state index is 0.0199. The van der Waals surface area contributed by atoms with Crippen molar-refractivity contribution in [2.75, 3.05) is 6.54 Å². The molecular weight excluding hydrogens is 262 g/mol. The van der Waals surface area contributed by atoms with Crippen molar-refractivity contribution in [2.45, 2.75) is 6.42 Å². The van der Waals surface area contributed by atoms with Crippen molar-refractivity contribution in [1.82, 2.24) is 5.32 Å². The molecular formula is C17H17N3O. The van der Waals surface area contributed by atoms with Gasteiger partial charge in [0.05, 0.1) is 17.8 Å². The lowest BCUT2D eigenvalue weighted by Crippen LogP contribution is -2.24. The van der Waals surface area contributed by atoms with Gasteiger partial charge >= 0.3 is 0 Å². The van der Waals surface area contributed by atoms with E-state index in [-0.39, 0.29) is 5.91 Å². The summed E-state index contributed by atoms with van der Waals surface area (Å²) in [7, 11) is 0. The highest BCUT2D eigenvalue weighted by atomic mass is 16.1. The fourth-order valence-corrected chi connectivity index (χ4v) is 1.72. The normalized spacial score (nSPS) is 10.5. The third kappa shape index (κ3) is 5.03. The monoisotopic (exact) mass is 279 g/mol. The predicted molar refractivity (Wildman–Crippen MR) is 84.0 cm³/mol. The van der Waals surface area contributed by atoms with Crippen LogP contribution in [0.25, 0.3) is 0 Å². The molecule has 0 bridgehead atoms. The molecule has 106 valence electrons. The van der Waals surface area contributed by atoms with Crippen molar-refractivity contribution in [3.8, 4) is 0 Å². The molecule has 0 spiro atoms. The number of nitrogens with zero attached hydrogens (tertiary/aromatic N) is 2. The van der Waals surface area contributed by atoms with E-state index in [1.807, 2.05) is 54.6 Å². The fraction of sp³-hybridized carbons (Fsp3) is 0.118. The Bertz CT molecular complexity index is 618. The topological polar surface area (TPSA) is 53.8 Å². The Morgan fingerprint density at radius 2 is 1.62 bits per heavy atom. The lowest BCUT2D eigenvalue weighted by atomic mass is 10.1. The second-order valence-corrected chi connectivity index (χ2v) is 4.47. The molecule has 0 aliphatic carbocycles. The van der Waals surface area contributed by atoms with Crippen LogP contribution in [-0.2, 0) is 11.2 Å². The van der Waals surface area contributed by atoms with E-state index in [0.717, 1.165) is 16.9 Å². The van der Waals surface area contributed by atoms with Crippen molar-refractivity contribution >= 4 is 17.3 Å². The van der Waals surface area contributed by atoms with Gasteiger partial charge in [-0.2, -0.15) is 10.2 Å². The second-order valence-electron chi connectivity index (χ2n) is 4.47. The number of hydrogen-bond donors (Lipinski definition) is 1. The van der Waals surface area contributed by atoms with Crippen molar-refractivity contribution in [1.29, 1.82) is 0 Å². The minimum atomic E-state index is -0.0199. The van der Waals surface area contributed by atoms with Crippen LogP contribution in [-0.4, -0.2) is 12.5 Å². The predicted octanol–water partition coefficient (Wildman–Crippen LogP) is 3.95. The lowest BCUT2D eigenvalue weighted by molar-refractivity contribution is -0.120. The summed E-state index contributed by atoms with van der Waals surface area (Å²) < 4.78 is 0. The van der Waals surface area contributed by atoms with Gasteiger partial charge < -0.3 is 5.32 Å². The van der Waals surface area contributed by atoms with Gasteiger partial charge in [0.25, 0.3) is 0 Å². The maximum absolute atomic E-state index is 11.6. The summed E-state index contributed by atoms with van der Waals surface area (Å²) in [5.74, 6) is -0.0199. The smallest absolute Gasteiger partial charge is 0.224 e. The molecule has 1 N–H and O–H groups in total. The molecule has 0 radical (unpaired) electrons. The Labute approximate surface area is 124 Å². The summed E-state index contributed by atoms with van der Waals surface area (Å²) in [5.41, 5.74) is 2.51. The first-order chi connectivity index (χ1) is 10.3. The number of benzene rings is 2. The van der Waals surface area contributed by atoms with Gasteiger partial charge in [-0.05, 0) is 29.8 Å². The quantitative estimate of drug-likeness (QED) is 0.631. The van der Waals surface area contributed by atoms with E-state index in [4.69, 9.17) is 0 Å². The summed E-state index contributed by atoms with van der Waals surface area (Å²) in [6, 6.07) is 17.0. The van der Waals surface area contributed by atoms with E-state index in [9.17, 15) is 4.79 Å². The maximum Gasteiger partial charge on any atom is 0.224 e. The van der Waals surface area contributed by atoms with E-state index < -0.39 is 0 Å². The average molecular weight is 279 g/mol. The van der Waals surface area contributed by atoms with E-state index in [1.165, 1.54) is 0 Å². The van der Waals surface area contributed by atoms with E-state index in [1.54, 1.807) is 6.08 Å². The van der Waals surface area contributed by atoms with Crippen LogP contribution in [0.2, 0.25) is 0 Å². The van der Waals surface area contributed by atoms with Crippen LogP contribution in [0.3, 0.4) is 0 Å². The molecule has 0 saturated heterocycles. The summed E-state index contributed by atoms with van der Waals surface area (Å²) >= 11 is 0. The lowest BCUT2D eigenvalue weighted by Gasteiger charge is -2.02. The van der Waals surface area contributed by atoms with Gasteiger partial charge in [0, 0.05) is 6.54 Å².